The van der Waals surface area contributed by atoms with E-state index in [-0.39, 0.29) is 23.8 Å². The van der Waals surface area contributed by atoms with Crippen LogP contribution in [-0.2, 0) is 6.54 Å². The number of hydrogen-bond acceptors (Lipinski definition) is 5. The molecule has 4 aromatic rings. The van der Waals surface area contributed by atoms with Gasteiger partial charge in [-0.1, -0.05) is 24.3 Å². The lowest BCUT2D eigenvalue weighted by molar-refractivity contribution is -0.174. The molecule has 1 aliphatic heterocycles. The maximum Gasteiger partial charge on any atom is 0.410 e. The summed E-state index contributed by atoms with van der Waals surface area (Å²) in [4.78, 5) is 12.8. The van der Waals surface area contributed by atoms with Crippen LogP contribution in [0, 0.1) is 6.92 Å². The van der Waals surface area contributed by atoms with Crippen molar-refractivity contribution in [3.8, 4) is 0 Å². The molecule has 4 heterocycles. The second-order valence-electron chi connectivity index (χ2n) is 8.14. The molecule has 2 atom stereocenters. The van der Waals surface area contributed by atoms with Gasteiger partial charge in [0.1, 0.15) is 11.6 Å². The van der Waals surface area contributed by atoms with Crippen molar-refractivity contribution in [2.45, 2.75) is 38.1 Å². The molecule has 1 aliphatic rings. The summed E-state index contributed by atoms with van der Waals surface area (Å²) in [6, 6.07) is 11.4. The number of aromatic nitrogens is 4. The fourth-order valence-electron chi connectivity index (χ4n) is 4.02. The molecular weight excluding hydrogens is 449 g/mol. The maximum absolute atomic E-state index is 13.8. The first-order chi connectivity index (χ1) is 16.3. The standard InChI is InChI=1S/C23H21F3N6O2/c1-14-5-2-3-6-15(14)13-31-9-8-20(30-31)28-22(33)17-12-21-27-16(18-7-4-10-34-18)11-19(23(24,25)26)32(21)29-17/h2-10,12,16,19,27H,11,13H2,1H3,(H,28,30,33)/t16-,19+/m0/s1. The van der Waals surface area contributed by atoms with E-state index in [1.165, 1.54) is 12.3 Å². The zero-order valence-corrected chi connectivity index (χ0v) is 18.1. The van der Waals surface area contributed by atoms with Crippen LogP contribution in [0.4, 0.5) is 24.8 Å². The molecule has 1 aromatic carbocycles. The van der Waals surface area contributed by atoms with Gasteiger partial charge in [0.2, 0.25) is 0 Å². The minimum Gasteiger partial charge on any atom is -0.467 e. The number of nitrogens with one attached hydrogen (secondary N) is 2. The molecule has 5 rings (SSSR count). The van der Waals surface area contributed by atoms with Crippen molar-refractivity contribution < 1.29 is 22.4 Å². The summed E-state index contributed by atoms with van der Waals surface area (Å²) in [5, 5.41) is 13.9. The molecule has 1 amide bonds. The SMILES string of the molecule is Cc1ccccc1Cn1ccc(NC(=O)c2cc3n(n2)[C@@H](C(F)(F)F)C[C@@H](c2ccco2)N3)n1. The number of amides is 1. The summed E-state index contributed by atoms with van der Waals surface area (Å²) in [6.45, 7) is 2.52. The summed E-state index contributed by atoms with van der Waals surface area (Å²) in [7, 11) is 0. The average Bonchev–Trinajstić information content (AvgIpc) is 3.54. The van der Waals surface area contributed by atoms with E-state index < -0.39 is 24.2 Å². The van der Waals surface area contributed by atoms with Crippen LogP contribution in [0.1, 0.15) is 45.9 Å². The minimum absolute atomic E-state index is 0.0882. The van der Waals surface area contributed by atoms with Crippen molar-refractivity contribution >= 4 is 17.5 Å². The Labute approximate surface area is 192 Å². The topological polar surface area (TPSA) is 89.9 Å². The number of aryl methyl sites for hydroxylation is 1. The smallest absolute Gasteiger partial charge is 0.410 e. The van der Waals surface area contributed by atoms with E-state index in [1.54, 1.807) is 29.1 Å². The Hall–Kier alpha value is -4.02. The second-order valence-corrected chi connectivity index (χ2v) is 8.14. The van der Waals surface area contributed by atoms with Crippen LogP contribution in [0.15, 0.2) is 65.4 Å². The molecule has 0 saturated carbocycles. The molecule has 11 heteroatoms. The van der Waals surface area contributed by atoms with E-state index in [0.717, 1.165) is 15.8 Å². The molecular formula is C23H21F3N6O2. The van der Waals surface area contributed by atoms with Crippen LogP contribution >= 0.6 is 0 Å². The fraction of sp³-hybridized carbons (Fsp3) is 0.261. The van der Waals surface area contributed by atoms with Crippen molar-refractivity contribution in [2.75, 3.05) is 10.6 Å². The first-order valence-corrected chi connectivity index (χ1v) is 10.6. The number of rotatable bonds is 5. The fourth-order valence-corrected chi connectivity index (χ4v) is 4.02. The lowest BCUT2D eigenvalue weighted by atomic mass is 10.0. The molecule has 0 aliphatic carbocycles. The van der Waals surface area contributed by atoms with Gasteiger partial charge in [-0.3, -0.25) is 9.48 Å². The first kappa shape index (κ1) is 21.8. The van der Waals surface area contributed by atoms with E-state index in [9.17, 15) is 18.0 Å². The van der Waals surface area contributed by atoms with E-state index in [2.05, 4.69) is 20.8 Å². The molecule has 0 saturated heterocycles. The molecule has 8 nitrogen and oxygen atoms in total. The molecule has 176 valence electrons. The van der Waals surface area contributed by atoms with Crippen molar-refractivity contribution in [1.82, 2.24) is 19.6 Å². The van der Waals surface area contributed by atoms with Gasteiger partial charge in [0.25, 0.3) is 5.91 Å². The average molecular weight is 470 g/mol. The number of hydrogen-bond donors (Lipinski definition) is 2. The summed E-state index contributed by atoms with van der Waals surface area (Å²) in [5.41, 5.74) is 2.05. The number of benzene rings is 1. The molecule has 0 radical (unpaired) electrons. The zero-order valence-electron chi connectivity index (χ0n) is 18.1. The van der Waals surface area contributed by atoms with Crippen LogP contribution in [0.2, 0.25) is 0 Å². The number of carbonyl (C=O) groups excluding carboxylic acids is 1. The molecule has 2 N–H and O–H groups in total. The van der Waals surface area contributed by atoms with Gasteiger partial charge in [0.15, 0.2) is 17.6 Å². The van der Waals surface area contributed by atoms with Gasteiger partial charge in [0.05, 0.1) is 18.8 Å². The Morgan fingerprint density at radius 2 is 2.03 bits per heavy atom. The van der Waals surface area contributed by atoms with Gasteiger partial charge < -0.3 is 15.1 Å². The van der Waals surface area contributed by atoms with Gasteiger partial charge >= 0.3 is 6.18 Å². The lowest BCUT2D eigenvalue weighted by Crippen LogP contribution is -2.35. The van der Waals surface area contributed by atoms with Crippen molar-refractivity contribution in [3.05, 3.63) is 83.6 Å². The number of fused-ring (bicyclic) bond motifs is 1. The Kier molecular flexibility index (Phi) is 5.39. The summed E-state index contributed by atoms with van der Waals surface area (Å²) < 4.78 is 49.1. The van der Waals surface area contributed by atoms with Crippen molar-refractivity contribution in [1.29, 1.82) is 0 Å². The van der Waals surface area contributed by atoms with Crippen LogP contribution in [0.5, 0.6) is 0 Å². The molecule has 3 aromatic heterocycles. The number of alkyl halides is 3. The highest BCUT2D eigenvalue weighted by Gasteiger charge is 2.47. The molecule has 0 fully saturated rings. The van der Waals surface area contributed by atoms with Gasteiger partial charge in [0, 0.05) is 24.8 Å². The van der Waals surface area contributed by atoms with Crippen LogP contribution < -0.4 is 10.6 Å². The van der Waals surface area contributed by atoms with Crippen LogP contribution in [0.3, 0.4) is 0 Å². The van der Waals surface area contributed by atoms with Gasteiger partial charge in [-0.2, -0.15) is 23.4 Å². The highest BCUT2D eigenvalue weighted by molar-refractivity contribution is 6.02. The van der Waals surface area contributed by atoms with E-state index in [4.69, 9.17) is 4.42 Å². The molecule has 0 spiro atoms. The predicted molar refractivity (Wildman–Crippen MR) is 117 cm³/mol. The molecule has 0 unspecified atom stereocenters. The summed E-state index contributed by atoms with van der Waals surface area (Å²) in [5.74, 6) is 0.0933. The van der Waals surface area contributed by atoms with Gasteiger partial charge in [-0.05, 0) is 30.2 Å². The maximum atomic E-state index is 13.8. The Morgan fingerprint density at radius 1 is 1.21 bits per heavy atom. The van der Waals surface area contributed by atoms with Crippen LogP contribution in [-0.4, -0.2) is 31.6 Å². The number of anilines is 2. The Morgan fingerprint density at radius 3 is 2.76 bits per heavy atom. The normalized spacial score (nSPS) is 17.8. The quantitative estimate of drug-likeness (QED) is 0.431. The lowest BCUT2D eigenvalue weighted by Gasteiger charge is -2.32. The third-order valence-electron chi connectivity index (χ3n) is 5.78. The van der Waals surface area contributed by atoms with Gasteiger partial charge in [-0.15, -0.1) is 0 Å². The largest absolute Gasteiger partial charge is 0.467 e. The van der Waals surface area contributed by atoms with Crippen molar-refractivity contribution in [2.24, 2.45) is 0 Å². The number of halogens is 3. The highest BCUT2D eigenvalue weighted by atomic mass is 19.4. The predicted octanol–water partition coefficient (Wildman–Crippen LogP) is 4.94. The monoisotopic (exact) mass is 470 g/mol. The summed E-state index contributed by atoms with van der Waals surface area (Å²) in [6.07, 6.45) is -1.73. The Bertz CT molecular complexity index is 1310. The number of nitrogens with zero attached hydrogens (tertiary/aromatic N) is 4. The zero-order chi connectivity index (χ0) is 23.9. The van der Waals surface area contributed by atoms with Gasteiger partial charge in [-0.25, -0.2) is 4.68 Å². The Balaban J connectivity index is 1.34. The number of furan rings is 1. The molecule has 34 heavy (non-hydrogen) atoms. The first-order valence-electron chi connectivity index (χ1n) is 10.6. The van der Waals surface area contributed by atoms with Crippen molar-refractivity contribution in [3.63, 3.8) is 0 Å². The second kappa shape index (κ2) is 8.40. The highest BCUT2D eigenvalue weighted by Crippen LogP contribution is 2.43. The number of carbonyl (C=O) groups is 1. The molecule has 0 bridgehead atoms. The van der Waals surface area contributed by atoms with Crippen LogP contribution in [0.25, 0.3) is 0 Å². The minimum atomic E-state index is -4.55. The van der Waals surface area contributed by atoms with E-state index in [1.807, 2.05) is 31.2 Å². The van der Waals surface area contributed by atoms with E-state index in [0.29, 0.717) is 12.3 Å². The summed E-state index contributed by atoms with van der Waals surface area (Å²) >= 11 is 0. The third-order valence-corrected chi connectivity index (χ3v) is 5.78. The third kappa shape index (κ3) is 4.28. The van der Waals surface area contributed by atoms with E-state index >= 15 is 0 Å².